The molecule has 1 fully saturated rings. The summed E-state index contributed by atoms with van der Waals surface area (Å²) in [7, 11) is 0. The van der Waals surface area contributed by atoms with Gasteiger partial charge in [0.25, 0.3) is 0 Å². The number of carbonyl (C=O) groups excluding carboxylic acids is 2. The molecular formula is C19H24FN3O5. The highest BCUT2D eigenvalue weighted by molar-refractivity contribution is 5.89. The van der Waals surface area contributed by atoms with Crippen LogP contribution in [0.15, 0.2) is 36.4 Å². The summed E-state index contributed by atoms with van der Waals surface area (Å²) in [6.45, 7) is 1.87. The van der Waals surface area contributed by atoms with Crippen molar-refractivity contribution in [3.8, 4) is 0 Å². The molecule has 3 atom stereocenters. The van der Waals surface area contributed by atoms with Crippen molar-refractivity contribution in [2.45, 2.75) is 24.7 Å². The number of aliphatic hydroxyl groups excluding tert-OH is 1. The largest absolute Gasteiger partial charge is 0.394 e. The second-order valence-corrected chi connectivity index (χ2v) is 6.61. The van der Waals surface area contributed by atoms with Gasteiger partial charge in [0.2, 0.25) is 5.91 Å². The molecule has 0 saturated carbocycles. The summed E-state index contributed by atoms with van der Waals surface area (Å²) in [5.41, 5.74) is 0.439. The zero-order chi connectivity index (χ0) is 19.9. The van der Waals surface area contributed by atoms with E-state index in [4.69, 9.17) is 9.47 Å². The maximum absolute atomic E-state index is 12.9. The predicted molar refractivity (Wildman–Crippen MR) is 99.2 cm³/mol. The summed E-state index contributed by atoms with van der Waals surface area (Å²) in [4.78, 5) is 26.2. The Morgan fingerprint density at radius 1 is 1.18 bits per heavy atom. The molecule has 28 heavy (non-hydrogen) atoms. The molecule has 3 N–H and O–H groups in total. The summed E-state index contributed by atoms with van der Waals surface area (Å²) < 4.78 is 23.9. The molecule has 1 aromatic rings. The lowest BCUT2D eigenvalue weighted by atomic mass is 10.0. The molecule has 0 spiro atoms. The highest BCUT2D eigenvalue weighted by Crippen LogP contribution is 2.17. The van der Waals surface area contributed by atoms with Crippen molar-refractivity contribution in [1.29, 1.82) is 0 Å². The van der Waals surface area contributed by atoms with E-state index in [0.29, 0.717) is 32.0 Å². The molecule has 3 amide bonds. The van der Waals surface area contributed by atoms with Gasteiger partial charge in [-0.05, 0) is 24.3 Å². The number of hydrogen-bond acceptors (Lipinski definition) is 5. The molecule has 0 unspecified atom stereocenters. The van der Waals surface area contributed by atoms with Crippen LogP contribution in [0.2, 0.25) is 0 Å². The number of benzene rings is 1. The van der Waals surface area contributed by atoms with E-state index in [-0.39, 0.29) is 18.9 Å². The third kappa shape index (κ3) is 5.51. The molecule has 0 aliphatic carbocycles. The molecule has 0 aromatic heterocycles. The molecule has 0 bridgehead atoms. The third-order valence-electron chi connectivity index (χ3n) is 4.60. The van der Waals surface area contributed by atoms with Gasteiger partial charge in [0.1, 0.15) is 11.9 Å². The zero-order valence-electron chi connectivity index (χ0n) is 15.3. The molecule has 1 saturated heterocycles. The number of ether oxygens (including phenoxy) is 2. The number of carbonyl (C=O) groups is 2. The number of hydrogen-bond donors (Lipinski definition) is 3. The highest BCUT2D eigenvalue weighted by atomic mass is 19.1. The van der Waals surface area contributed by atoms with Crippen molar-refractivity contribution in [3.63, 3.8) is 0 Å². The van der Waals surface area contributed by atoms with Gasteiger partial charge in [-0.15, -0.1) is 0 Å². The molecular weight excluding hydrogens is 369 g/mol. The van der Waals surface area contributed by atoms with Crippen molar-refractivity contribution >= 4 is 17.6 Å². The van der Waals surface area contributed by atoms with E-state index in [1.54, 1.807) is 17.1 Å². The van der Waals surface area contributed by atoms with Crippen LogP contribution in [-0.4, -0.2) is 73.1 Å². The highest BCUT2D eigenvalue weighted by Gasteiger charge is 2.30. The molecule has 0 radical (unpaired) electrons. The van der Waals surface area contributed by atoms with Crippen molar-refractivity contribution in [2.75, 3.05) is 38.2 Å². The van der Waals surface area contributed by atoms with E-state index >= 15 is 0 Å². The molecule has 3 rings (SSSR count). The minimum Gasteiger partial charge on any atom is -0.394 e. The van der Waals surface area contributed by atoms with Gasteiger partial charge < -0.3 is 30.1 Å². The van der Waals surface area contributed by atoms with Crippen LogP contribution in [0.1, 0.15) is 6.42 Å². The van der Waals surface area contributed by atoms with Crippen LogP contribution < -0.4 is 10.6 Å². The summed E-state index contributed by atoms with van der Waals surface area (Å²) in [5, 5.41) is 14.9. The standard InChI is InChI=1S/C19H24FN3O5/c20-13-1-3-14(4-2-13)21-19(26)22-16-6-5-15(28-17(16)12-24)11-18(25)23-7-9-27-10-8-23/h1-6,15-17,24H,7-12H2,(H2,21,22,26)/t15-,16+,17-/m0/s1. The quantitative estimate of drug-likeness (QED) is 0.645. The fourth-order valence-electron chi connectivity index (χ4n) is 3.10. The lowest BCUT2D eigenvalue weighted by Gasteiger charge is -2.33. The van der Waals surface area contributed by atoms with E-state index in [2.05, 4.69) is 10.6 Å². The van der Waals surface area contributed by atoms with E-state index in [0.717, 1.165) is 0 Å². The van der Waals surface area contributed by atoms with Gasteiger partial charge in [0.15, 0.2) is 0 Å². The first kappa shape index (κ1) is 20.2. The Bertz CT molecular complexity index is 706. The Morgan fingerprint density at radius 2 is 1.89 bits per heavy atom. The number of morpholine rings is 1. The van der Waals surface area contributed by atoms with Crippen molar-refractivity contribution in [3.05, 3.63) is 42.2 Å². The fraction of sp³-hybridized carbons (Fsp3) is 0.474. The van der Waals surface area contributed by atoms with E-state index in [1.807, 2.05) is 0 Å². The van der Waals surface area contributed by atoms with Gasteiger partial charge in [-0.1, -0.05) is 12.2 Å². The Hall–Kier alpha value is -2.49. The van der Waals surface area contributed by atoms with Gasteiger partial charge >= 0.3 is 6.03 Å². The van der Waals surface area contributed by atoms with Gasteiger partial charge in [0.05, 0.1) is 38.4 Å². The Kier molecular flexibility index (Phi) is 6.96. The van der Waals surface area contributed by atoms with Crippen LogP contribution >= 0.6 is 0 Å². The number of halogens is 1. The number of amides is 3. The average Bonchev–Trinajstić information content (AvgIpc) is 2.71. The van der Waals surface area contributed by atoms with Crippen LogP contribution in [0, 0.1) is 5.82 Å². The van der Waals surface area contributed by atoms with Gasteiger partial charge in [-0.3, -0.25) is 4.79 Å². The molecule has 1 aromatic carbocycles. The SMILES string of the molecule is O=C(Nc1ccc(F)cc1)N[C@@H]1C=C[C@@H](CC(=O)N2CCOCC2)O[C@H]1CO. The number of nitrogens with one attached hydrogen (secondary N) is 2. The Labute approximate surface area is 162 Å². The monoisotopic (exact) mass is 393 g/mol. The van der Waals surface area contributed by atoms with Gasteiger partial charge in [0, 0.05) is 18.8 Å². The first-order valence-electron chi connectivity index (χ1n) is 9.18. The number of anilines is 1. The van der Waals surface area contributed by atoms with Crippen LogP contribution in [-0.2, 0) is 14.3 Å². The first-order valence-corrected chi connectivity index (χ1v) is 9.18. The smallest absolute Gasteiger partial charge is 0.319 e. The zero-order valence-corrected chi connectivity index (χ0v) is 15.3. The molecule has 2 aliphatic heterocycles. The Balaban J connectivity index is 1.52. The van der Waals surface area contributed by atoms with Crippen LogP contribution in [0.5, 0.6) is 0 Å². The molecule has 152 valence electrons. The minimum absolute atomic E-state index is 0.0323. The summed E-state index contributed by atoms with van der Waals surface area (Å²) >= 11 is 0. The average molecular weight is 393 g/mol. The summed E-state index contributed by atoms with van der Waals surface area (Å²) in [6, 6.07) is 4.31. The summed E-state index contributed by atoms with van der Waals surface area (Å²) in [6.07, 6.45) is 2.46. The van der Waals surface area contributed by atoms with Crippen molar-refractivity contribution in [2.24, 2.45) is 0 Å². The van der Waals surface area contributed by atoms with E-state index in [9.17, 15) is 19.1 Å². The number of rotatable bonds is 5. The van der Waals surface area contributed by atoms with Crippen LogP contribution in [0.25, 0.3) is 0 Å². The normalized spacial score (nSPS) is 24.6. The van der Waals surface area contributed by atoms with Crippen LogP contribution in [0.4, 0.5) is 14.9 Å². The molecule has 8 nitrogen and oxygen atoms in total. The Morgan fingerprint density at radius 3 is 2.57 bits per heavy atom. The van der Waals surface area contributed by atoms with E-state index in [1.165, 1.54) is 24.3 Å². The van der Waals surface area contributed by atoms with Crippen molar-refractivity contribution < 1.29 is 28.6 Å². The van der Waals surface area contributed by atoms with Gasteiger partial charge in [-0.2, -0.15) is 0 Å². The number of urea groups is 1. The maximum Gasteiger partial charge on any atom is 0.319 e. The predicted octanol–water partition coefficient (Wildman–Crippen LogP) is 0.881. The summed E-state index contributed by atoms with van der Waals surface area (Å²) in [5.74, 6) is -0.428. The maximum atomic E-state index is 12.9. The lowest BCUT2D eigenvalue weighted by molar-refractivity contribution is -0.139. The number of nitrogens with zero attached hydrogens (tertiary/aromatic N) is 1. The third-order valence-corrected chi connectivity index (χ3v) is 4.60. The van der Waals surface area contributed by atoms with Crippen LogP contribution in [0.3, 0.4) is 0 Å². The van der Waals surface area contributed by atoms with Gasteiger partial charge in [-0.25, -0.2) is 9.18 Å². The molecule has 2 heterocycles. The molecule has 2 aliphatic rings. The first-order chi connectivity index (χ1) is 13.5. The minimum atomic E-state index is -0.675. The number of aliphatic hydroxyl groups is 1. The fourth-order valence-corrected chi connectivity index (χ4v) is 3.10. The second kappa shape index (κ2) is 9.63. The second-order valence-electron chi connectivity index (χ2n) is 6.61. The molecule has 9 heteroatoms. The topological polar surface area (TPSA) is 100 Å². The van der Waals surface area contributed by atoms with E-state index < -0.39 is 30.1 Å². The lowest BCUT2D eigenvalue weighted by Crippen LogP contribution is -2.50. The van der Waals surface area contributed by atoms with Crippen molar-refractivity contribution in [1.82, 2.24) is 10.2 Å².